The van der Waals surface area contributed by atoms with E-state index in [2.05, 4.69) is 15.5 Å². The van der Waals surface area contributed by atoms with Gasteiger partial charge in [0.25, 0.3) is 0 Å². The molecule has 0 saturated carbocycles. The van der Waals surface area contributed by atoms with Crippen LogP contribution >= 0.6 is 34.5 Å². The lowest BCUT2D eigenvalue weighted by atomic mass is 10.1. The molecule has 3 aromatic rings. The second-order valence-electron chi connectivity index (χ2n) is 4.84. The zero-order valence-corrected chi connectivity index (χ0v) is 14.6. The Morgan fingerprint density at radius 3 is 2.61 bits per heavy atom. The lowest BCUT2D eigenvalue weighted by Crippen LogP contribution is -1.99. The quantitative estimate of drug-likeness (QED) is 0.460. The average molecular weight is 362 g/mol. The maximum atomic E-state index is 6.05. The first-order valence-electron chi connectivity index (χ1n) is 6.90. The van der Waals surface area contributed by atoms with E-state index in [9.17, 15) is 0 Å². The summed E-state index contributed by atoms with van der Waals surface area (Å²) < 4.78 is 0. The van der Waals surface area contributed by atoms with E-state index in [0.717, 1.165) is 27.7 Å². The molecule has 0 saturated heterocycles. The summed E-state index contributed by atoms with van der Waals surface area (Å²) in [6, 6.07) is 15.5. The van der Waals surface area contributed by atoms with Gasteiger partial charge in [0.2, 0.25) is 5.13 Å². The van der Waals surface area contributed by atoms with Crippen LogP contribution in [0.4, 0.5) is 5.13 Å². The number of thiazole rings is 1. The van der Waals surface area contributed by atoms with Gasteiger partial charge in [0.15, 0.2) is 0 Å². The van der Waals surface area contributed by atoms with Crippen LogP contribution in [0.1, 0.15) is 12.5 Å². The van der Waals surface area contributed by atoms with Crippen molar-refractivity contribution in [2.45, 2.75) is 6.92 Å². The molecule has 0 spiro atoms. The van der Waals surface area contributed by atoms with Gasteiger partial charge in [-0.05, 0) is 24.6 Å². The van der Waals surface area contributed by atoms with Crippen molar-refractivity contribution in [2.24, 2.45) is 5.10 Å². The van der Waals surface area contributed by atoms with Crippen LogP contribution in [0, 0.1) is 0 Å². The molecule has 0 unspecified atom stereocenters. The third-order valence-corrected chi connectivity index (χ3v) is 4.72. The summed E-state index contributed by atoms with van der Waals surface area (Å²) in [6.45, 7) is 1.95. The van der Waals surface area contributed by atoms with Crippen LogP contribution in [0.3, 0.4) is 0 Å². The van der Waals surface area contributed by atoms with E-state index in [1.54, 1.807) is 12.1 Å². The maximum absolute atomic E-state index is 6.05. The topological polar surface area (TPSA) is 37.3 Å². The summed E-state index contributed by atoms with van der Waals surface area (Å²) in [6.07, 6.45) is 0. The van der Waals surface area contributed by atoms with Gasteiger partial charge in [-0.1, -0.05) is 59.6 Å². The Balaban J connectivity index is 1.76. The highest BCUT2D eigenvalue weighted by Crippen LogP contribution is 2.30. The molecule has 1 N–H and O–H groups in total. The van der Waals surface area contributed by atoms with Crippen molar-refractivity contribution in [3.63, 3.8) is 0 Å². The van der Waals surface area contributed by atoms with Gasteiger partial charge in [0.1, 0.15) is 0 Å². The van der Waals surface area contributed by atoms with Gasteiger partial charge in [-0.3, -0.25) is 5.43 Å². The lowest BCUT2D eigenvalue weighted by molar-refractivity contribution is 1.27. The Kier molecular flexibility index (Phi) is 4.96. The SMILES string of the molecule is C/C(=N/Nc1nc(-c2ccc(Cl)c(Cl)c2)cs1)c1ccccc1. The van der Waals surface area contributed by atoms with Crippen LogP contribution in [0.15, 0.2) is 59.0 Å². The number of hydrogen-bond acceptors (Lipinski definition) is 4. The molecule has 116 valence electrons. The number of rotatable bonds is 4. The van der Waals surface area contributed by atoms with Crippen molar-refractivity contribution >= 4 is 45.4 Å². The second-order valence-corrected chi connectivity index (χ2v) is 6.51. The van der Waals surface area contributed by atoms with E-state index >= 15 is 0 Å². The lowest BCUT2D eigenvalue weighted by Gasteiger charge is -2.01. The van der Waals surface area contributed by atoms with E-state index < -0.39 is 0 Å². The molecule has 23 heavy (non-hydrogen) atoms. The van der Waals surface area contributed by atoms with Crippen LogP contribution < -0.4 is 5.43 Å². The van der Waals surface area contributed by atoms with Crippen molar-refractivity contribution in [1.82, 2.24) is 4.98 Å². The van der Waals surface area contributed by atoms with Crippen LogP contribution in [0.5, 0.6) is 0 Å². The first-order valence-corrected chi connectivity index (χ1v) is 8.54. The zero-order valence-electron chi connectivity index (χ0n) is 12.3. The molecular weight excluding hydrogens is 349 g/mol. The minimum Gasteiger partial charge on any atom is -0.252 e. The molecular formula is C17H13Cl2N3S. The number of hydrazone groups is 1. The molecule has 0 aliphatic heterocycles. The third-order valence-electron chi connectivity index (χ3n) is 3.23. The molecule has 1 aromatic heterocycles. The van der Waals surface area contributed by atoms with Gasteiger partial charge in [-0.2, -0.15) is 5.10 Å². The van der Waals surface area contributed by atoms with Gasteiger partial charge >= 0.3 is 0 Å². The van der Waals surface area contributed by atoms with Gasteiger partial charge in [0.05, 0.1) is 21.5 Å². The van der Waals surface area contributed by atoms with E-state index in [-0.39, 0.29) is 0 Å². The molecule has 2 aromatic carbocycles. The number of halogens is 2. The van der Waals surface area contributed by atoms with Gasteiger partial charge in [0, 0.05) is 10.9 Å². The van der Waals surface area contributed by atoms with Crippen molar-refractivity contribution in [3.8, 4) is 11.3 Å². The molecule has 0 aliphatic rings. The minimum atomic E-state index is 0.518. The fourth-order valence-electron chi connectivity index (χ4n) is 1.99. The van der Waals surface area contributed by atoms with Crippen LogP contribution in [-0.2, 0) is 0 Å². The summed E-state index contributed by atoms with van der Waals surface area (Å²) in [5.74, 6) is 0. The van der Waals surface area contributed by atoms with E-state index in [0.29, 0.717) is 10.0 Å². The molecule has 0 amide bonds. The molecule has 0 atom stereocenters. The van der Waals surface area contributed by atoms with Crippen molar-refractivity contribution < 1.29 is 0 Å². The van der Waals surface area contributed by atoms with Gasteiger partial charge in [-0.15, -0.1) is 11.3 Å². The molecule has 0 radical (unpaired) electrons. The highest BCUT2D eigenvalue weighted by Gasteiger charge is 2.06. The minimum absolute atomic E-state index is 0.518. The van der Waals surface area contributed by atoms with Gasteiger partial charge in [-0.25, -0.2) is 4.98 Å². The Hall–Kier alpha value is -1.88. The third kappa shape index (κ3) is 3.91. The number of nitrogens with zero attached hydrogens (tertiary/aromatic N) is 2. The van der Waals surface area contributed by atoms with E-state index in [1.807, 2.05) is 48.7 Å². The number of nitrogens with one attached hydrogen (secondary N) is 1. The van der Waals surface area contributed by atoms with Gasteiger partial charge < -0.3 is 0 Å². The van der Waals surface area contributed by atoms with Crippen molar-refractivity contribution in [3.05, 3.63) is 69.5 Å². The predicted octanol–water partition coefficient (Wildman–Crippen LogP) is 5.95. The Morgan fingerprint density at radius 1 is 1.09 bits per heavy atom. The highest BCUT2D eigenvalue weighted by atomic mass is 35.5. The monoisotopic (exact) mass is 361 g/mol. The smallest absolute Gasteiger partial charge is 0.203 e. The molecule has 3 nitrogen and oxygen atoms in total. The summed E-state index contributed by atoms with van der Waals surface area (Å²) in [4.78, 5) is 4.52. The summed E-state index contributed by atoms with van der Waals surface area (Å²) >= 11 is 13.5. The molecule has 0 fully saturated rings. The molecule has 3 rings (SSSR count). The second kappa shape index (κ2) is 7.13. The molecule has 6 heteroatoms. The van der Waals surface area contributed by atoms with Crippen LogP contribution in [0.2, 0.25) is 10.0 Å². The Bertz CT molecular complexity index is 844. The van der Waals surface area contributed by atoms with Crippen LogP contribution in [0.25, 0.3) is 11.3 Å². The fourth-order valence-corrected chi connectivity index (χ4v) is 2.95. The Morgan fingerprint density at radius 2 is 1.87 bits per heavy atom. The summed E-state index contributed by atoms with van der Waals surface area (Å²) in [7, 11) is 0. The Labute approximate surface area is 148 Å². The fraction of sp³-hybridized carbons (Fsp3) is 0.0588. The van der Waals surface area contributed by atoms with E-state index in [4.69, 9.17) is 23.2 Å². The molecule has 1 heterocycles. The highest BCUT2D eigenvalue weighted by molar-refractivity contribution is 7.14. The number of benzene rings is 2. The molecule has 0 bridgehead atoms. The predicted molar refractivity (Wildman–Crippen MR) is 99.8 cm³/mol. The maximum Gasteiger partial charge on any atom is 0.203 e. The normalized spacial score (nSPS) is 11.5. The first kappa shape index (κ1) is 16.0. The first-order chi connectivity index (χ1) is 11.1. The average Bonchev–Trinajstić information content (AvgIpc) is 3.05. The zero-order chi connectivity index (χ0) is 16.2. The molecule has 0 aliphatic carbocycles. The summed E-state index contributed by atoms with van der Waals surface area (Å²) in [5.41, 5.74) is 6.73. The van der Waals surface area contributed by atoms with Crippen LogP contribution in [-0.4, -0.2) is 10.7 Å². The number of aromatic nitrogens is 1. The van der Waals surface area contributed by atoms with Crippen molar-refractivity contribution in [2.75, 3.05) is 5.43 Å². The number of hydrogen-bond donors (Lipinski definition) is 1. The van der Waals surface area contributed by atoms with E-state index in [1.165, 1.54) is 11.3 Å². The van der Waals surface area contributed by atoms with Crippen molar-refractivity contribution in [1.29, 1.82) is 0 Å². The standard InChI is InChI=1S/C17H13Cl2N3S/c1-11(12-5-3-2-4-6-12)21-22-17-20-16(10-23-17)13-7-8-14(18)15(19)9-13/h2-10H,1H3,(H,20,22)/b21-11-. The largest absolute Gasteiger partial charge is 0.252 e. The summed E-state index contributed by atoms with van der Waals surface area (Å²) in [5, 5.41) is 8.10. The number of anilines is 1.